The topological polar surface area (TPSA) is 108 Å². The van der Waals surface area contributed by atoms with Gasteiger partial charge in [-0.05, 0) is 24.1 Å². The number of ether oxygens (including phenoxy) is 1. The van der Waals surface area contributed by atoms with Crippen molar-refractivity contribution in [3.63, 3.8) is 0 Å². The van der Waals surface area contributed by atoms with Gasteiger partial charge in [0, 0.05) is 12.6 Å². The lowest BCUT2D eigenvalue weighted by atomic mass is 9.90. The normalized spacial score (nSPS) is 18.4. The highest BCUT2D eigenvalue weighted by molar-refractivity contribution is 5.95. The van der Waals surface area contributed by atoms with Crippen LogP contribution in [0.5, 0.6) is 0 Å². The summed E-state index contributed by atoms with van der Waals surface area (Å²) in [6.45, 7) is 2.57. The van der Waals surface area contributed by atoms with Gasteiger partial charge in [-0.2, -0.15) is 18.3 Å². The number of rotatable bonds is 5. The zero-order valence-electron chi connectivity index (χ0n) is 17.4. The summed E-state index contributed by atoms with van der Waals surface area (Å²) in [6, 6.07) is 8.24. The van der Waals surface area contributed by atoms with Crippen molar-refractivity contribution in [1.29, 1.82) is 0 Å². The van der Waals surface area contributed by atoms with Crippen LogP contribution in [0.15, 0.2) is 53.9 Å². The molecule has 12 heteroatoms. The number of hydrogen-bond donors (Lipinski definition) is 1. The molecule has 2 aromatic heterocycles. The Labute approximate surface area is 193 Å². The minimum absolute atomic E-state index is 0. The van der Waals surface area contributed by atoms with Gasteiger partial charge in [-0.1, -0.05) is 24.3 Å². The van der Waals surface area contributed by atoms with E-state index in [1.165, 1.54) is 12.4 Å². The van der Waals surface area contributed by atoms with Crippen molar-refractivity contribution in [2.24, 2.45) is 10.7 Å². The molecule has 0 amide bonds. The lowest BCUT2D eigenvalue weighted by Gasteiger charge is -2.30. The van der Waals surface area contributed by atoms with Crippen molar-refractivity contribution >= 4 is 24.0 Å². The Morgan fingerprint density at radius 2 is 2.03 bits per heavy atom. The number of carbonyl (C=O) groups is 1. The van der Waals surface area contributed by atoms with E-state index >= 15 is 0 Å². The van der Waals surface area contributed by atoms with E-state index in [0.717, 1.165) is 28.1 Å². The third-order valence-electron chi connectivity index (χ3n) is 4.98. The van der Waals surface area contributed by atoms with Crippen molar-refractivity contribution in [2.45, 2.75) is 25.1 Å². The molecule has 8 nitrogen and oxygen atoms in total. The Kier molecular flexibility index (Phi) is 6.84. The molecule has 3 aromatic rings. The van der Waals surface area contributed by atoms with Gasteiger partial charge in [-0.3, -0.25) is 9.79 Å². The highest BCUT2D eigenvalue weighted by Crippen LogP contribution is 2.29. The van der Waals surface area contributed by atoms with Crippen LogP contribution in [0.25, 0.3) is 5.82 Å². The van der Waals surface area contributed by atoms with E-state index in [1.807, 2.05) is 31.2 Å². The Balaban J connectivity index is 0.00000306. The summed E-state index contributed by atoms with van der Waals surface area (Å²) in [5, 5.41) is 3.43. The number of nitrogens with two attached hydrogens (primary N) is 1. The standard InChI is InChI=1S/C21H19F3N6O2.ClH/c1-20(12-32-11-18(25)28-20)14-4-2-3-13(7-14)8-16(31)15-9-27-19(10-26-15)30-6-5-17(29-30)21(22,23)24;/h2-7,9-10H,8,11-12H2,1H3,(H2,25,28);1H. The SMILES string of the molecule is CC1(c2cccc(CC(=O)c3cnc(-n4ccc(C(F)(F)F)n4)cn3)c2)COCC(N)=N1.Cl. The van der Waals surface area contributed by atoms with Crippen molar-refractivity contribution in [3.8, 4) is 5.82 Å². The maximum Gasteiger partial charge on any atom is 0.435 e. The summed E-state index contributed by atoms with van der Waals surface area (Å²) >= 11 is 0. The fourth-order valence-corrected chi connectivity index (χ4v) is 3.36. The molecule has 0 spiro atoms. The minimum Gasteiger partial charge on any atom is -0.386 e. The number of nitrogens with zero attached hydrogens (tertiary/aromatic N) is 5. The largest absolute Gasteiger partial charge is 0.435 e. The van der Waals surface area contributed by atoms with E-state index < -0.39 is 17.4 Å². The zero-order valence-corrected chi connectivity index (χ0v) is 18.2. The second kappa shape index (κ2) is 9.28. The van der Waals surface area contributed by atoms with E-state index in [9.17, 15) is 18.0 Å². The molecule has 0 fully saturated rings. The van der Waals surface area contributed by atoms with Gasteiger partial charge in [0.15, 0.2) is 17.3 Å². The number of ketones is 1. The fraction of sp³-hybridized carbons (Fsp3) is 0.286. The molecule has 33 heavy (non-hydrogen) atoms. The molecule has 1 unspecified atom stereocenters. The molecule has 0 aliphatic carbocycles. The van der Waals surface area contributed by atoms with Crippen molar-refractivity contribution in [3.05, 3.63) is 71.4 Å². The molecule has 1 aliphatic heterocycles. The van der Waals surface area contributed by atoms with Crippen LogP contribution in [0, 0.1) is 0 Å². The number of hydrogen-bond acceptors (Lipinski definition) is 7. The summed E-state index contributed by atoms with van der Waals surface area (Å²) in [4.78, 5) is 25.2. The molecular formula is C21H20ClF3N6O2. The monoisotopic (exact) mass is 480 g/mol. The van der Waals surface area contributed by atoms with E-state index in [0.29, 0.717) is 19.0 Å². The van der Waals surface area contributed by atoms with Gasteiger partial charge >= 0.3 is 6.18 Å². The predicted octanol–water partition coefficient (Wildman–Crippen LogP) is 3.13. The molecule has 1 atom stereocenters. The maximum atomic E-state index is 12.7. The van der Waals surface area contributed by atoms with Crippen molar-refractivity contribution < 1.29 is 22.7 Å². The van der Waals surface area contributed by atoms with Gasteiger partial charge in [0.25, 0.3) is 0 Å². The highest BCUT2D eigenvalue weighted by atomic mass is 35.5. The van der Waals surface area contributed by atoms with Crippen LogP contribution in [0.1, 0.15) is 34.2 Å². The molecule has 3 heterocycles. The molecule has 0 bridgehead atoms. The predicted molar refractivity (Wildman–Crippen MR) is 116 cm³/mol. The molecule has 0 radical (unpaired) electrons. The third-order valence-corrected chi connectivity index (χ3v) is 4.98. The average Bonchev–Trinajstić information content (AvgIpc) is 3.25. The first-order valence-corrected chi connectivity index (χ1v) is 9.64. The second-order valence-corrected chi connectivity index (χ2v) is 7.57. The van der Waals surface area contributed by atoms with Crippen molar-refractivity contribution in [1.82, 2.24) is 19.7 Å². The van der Waals surface area contributed by atoms with Gasteiger partial charge in [-0.15, -0.1) is 12.4 Å². The summed E-state index contributed by atoms with van der Waals surface area (Å²) in [5.74, 6) is 0.195. The molecule has 174 valence electrons. The Hall–Kier alpha value is -3.31. The Morgan fingerprint density at radius 1 is 1.24 bits per heavy atom. The lowest BCUT2D eigenvalue weighted by Crippen LogP contribution is -2.37. The molecular weight excluding hydrogens is 461 g/mol. The van der Waals surface area contributed by atoms with Crippen LogP contribution in [0.4, 0.5) is 13.2 Å². The highest BCUT2D eigenvalue weighted by Gasteiger charge is 2.34. The van der Waals surface area contributed by atoms with Gasteiger partial charge in [0.2, 0.25) is 0 Å². The minimum atomic E-state index is -4.55. The summed E-state index contributed by atoms with van der Waals surface area (Å²) in [5.41, 5.74) is 5.85. The van der Waals surface area contributed by atoms with Crippen LogP contribution >= 0.6 is 12.4 Å². The number of Topliss-reactive ketones (excluding diaryl/α,β-unsaturated/α-hetero) is 1. The number of alkyl halides is 3. The van der Waals surface area contributed by atoms with Gasteiger partial charge < -0.3 is 10.5 Å². The quantitative estimate of drug-likeness (QED) is 0.562. The molecule has 1 aliphatic rings. The summed E-state index contributed by atoms with van der Waals surface area (Å²) in [7, 11) is 0. The fourth-order valence-electron chi connectivity index (χ4n) is 3.36. The summed E-state index contributed by atoms with van der Waals surface area (Å²) in [6.07, 6.45) is -0.934. The first kappa shape index (κ1) is 24.3. The summed E-state index contributed by atoms with van der Waals surface area (Å²) < 4.78 is 44.6. The van der Waals surface area contributed by atoms with Crippen molar-refractivity contribution in [2.75, 3.05) is 13.2 Å². The van der Waals surface area contributed by atoms with Gasteiger partial charge in [0.05, 0.1) is 19.0 Å². The van der Waals surface area contributed by atoms with E-state index in [1.54, 1.807) is 0 Å². The first-order valence-electron chi connectivity index (χ1n) is 9.64. The Bertz CT molecular complexity index is 1180. The van der Waals surface area contributed by atoms with E-state index in [-0.39, 0.29) is 36.1 Å². The Morgan fingerprint density at radius 3 is 2.67 bits per heavy atom. The van der Waals surface area contributed by atoms with Crippen LogP contribution in [0.3, 0.4) is 0 Å². The molecule has 2 N–H and O–H groups in total. The number of aliphatic imine (C=N–C) groups is 1. The number of halogens is 4. The number of amidine groups is 1. The lowest BCUT2D eigenvalue weighted by molar-refractivity contribution is -0.141. The second-order valence-electron chi connectivity index (χ2n) is 7.57. The number of aromatic nitrogens is 4. The number of benzene rings is 1. The number of carbonyl (C=O) groups excluding carboxylic acids is 1. The first-order chi connectivity index (χ1) is 15.1. The molecule has 1 aromatic carbocycles. The third kappa shape index (κ3) is 5.37. The van der Waals surface area contributed by atoms with E-state index in [2.05, 4.69) is 20.1 Å². The van der Waals surface area contributed by atoms with Gasteiger partial charge in [0.1, 0.15) is 23.7 Å². The van der Waals surface area contributed by atoms with Gasteiger partial charge in [-0.25, -0.2) is 14.6 Å². The molecule has 0 saturated heterocycles. The van der Waals surface area contributed by atoms with Crippen LogP contribution in [-0.2, 0) is 22.9 Å². The average molecular weight is 481 g/mol. The van der Waals surface area contributed by atoms with Crippen LogP contribution in [0.2, 0.25) is 0 Å². The van der Waals surface area contributed by atoms with Crippen LogP contribution < -0.4 is 5.73 Å². The van der Waals surface area contributed by atoms with E-state index in [4.69, 9.17) is 10.5 Å². The maximum absolute atomic E-state index is 12.7. The smallest absolute Gasteiger partial charge is 0.386 e. The molecule has 0 saturated carbocycles. The molecule has 4 rings (SSSR count). The zero-order chi connectivity index (χ0) is 22.9. The van der Waals surface area contributed by atoms with Crippen LogP contribution in [-0.4, -0.2) is 44.6 Å².